The second-order valence-electron chi connectivity index (χ2n) is 5.07. The Morgan fingerprint density at radius 3 is 2.24 bits per heavy atom. The smallest absolute Gasteiger partial charge is 0.254 e. The quantitative estimate of drug-likeness (QED) is 0.805. The molecule has 5 nitrogen and oxygen atoms in total. The van der Waals surface area contributed by atoms with Gasteiger partial charge in [0.25, 0.3) is 5.91 Å². The number of carbonyl (C=O) groups is 2. The van der Waals surface area contributed by atoms with E-state index < -0.39 is 12.1 Å². The summed E-state index contributed by atoms with van der Waals surface area (Å²) in [6, 6.07) is 8.67. The van der Waals surface area contributed by atoms with Gasteiger partial charge in [-0.1, -0.05) is 37.3 Å². The molecule has 0 aromatic heterocycles. The van der Waals surface area contributed by atoms with Crippen LogP contribution in [-0.2, 0) is 14.3 Å². The number of hydrogen-bond donors (Lipinski definition) is 2. The number of ether oxygens (including phenoxy) is 1. The van der Waals surface area contributed by atoms with Crippen LogP contribution in [0, 0.1) is 0 Å². The van der Waals surface area contributed by atoms with E-state index >= 15 is 0 Å². The third-order valence-corrected chi connectivity index (χ3v) is 3.33. The molecule has 21 heavy (non-hydrogen) atoms. The predicted octanol–water partition coefficient (Wildman–Crippen LogP) is 1.79. The first-order valence-corrected chi connectivity index (χ1v) is 7.18. The molecule has 0 spiro atoms. The van der Waals surface area contributed by atoms with Crippen LogP contribution in [0.3, 0.4) is 0 Å². The van der Waals surface area contributed by atoms with Gasteiger partial charge in [-0.25, -0.2) is 0 Å². The van der Waals surface area contributed by atoms with Gasteiger partial charge in [0.2, 0.25) is 5.91 Å². The molecule has 3 atom stereocenters. The summed E-state index contributed by atoms with van der Waals surface area (Å²) in [6.07, 6.45) is 0.127. The highest BCUT2D eigenvalue weighted by molar-refractivity contribution is 5.89. The van der Waals surface area contributed by atoms with Gasteiger partial charge >= 0.3 is 0 Å². The molecule has 0 aliphatic heterocycles. The number of methoxy groups -OCH3 is 1. The second-order valence-corrected chi connectivity index (χ2v) is 5.07. The van der Waals surface area contributed by atoms with Gasteiger partial charge in [-0.2, -0.15) is 0 Å². The first-order valence-electron chi connectivity index (χ1n) is 7.18. The minimum atomic E-state index is -0.718. The van der Waals surface area contributed by atoms with E-state index in [4.69, 9.17) is 4.74 Å². The van der Waals surface area contributed by atoms with Crippen molar-refractivity contribution < 1.29 is 14.3 Å². The van der Waals surface area contributed by atoms with E-state index in [1.807, 2.05) is 44.2 Å². The van der Waals surface area contributed by atoms with Crippen LogP contribution in [0.25, 0.3) is 0 Å². The summed E-state index contributed by atoms with van der Waals surface area (Å²) < 4.78 is 5.24. The fourth-order valence-corrected chi connectivity index (χ4v) is 1.85. The summed E-state index contributed by atoms with van der Waals surface area (Å²) in [7, 11) is 1.47. The number of rotatable bonds is 7. The van der Waals surface area contributed by atoms with Gasteiger partial charge in [-0.15, -0.1) is 0 Å². The molecule has 2 amide bonds. The van der Waals surface area contributed by atoms with Crippen molar-refractivity contribution >= 4 is 11.8 Å². The topological polar surface area (TPSA) is 67.4 Å². The minimum absolute atomic E-state index is 0.0872. The molecule has 3 unspecified atom stereocenters. The van der Waals surface area contributed by atoms with Crippen molar-refractivity contribution in [3.05, 3.63) is 35.9 Å². The SMILES string of the molecule is CCC(C)NC(=O)C(C)NC(=O)C(OC)c1ccccc1. The largest absolute Gasteiger partial charge is 0.367 e. The first-order chi connectivity index (χ1) is 9.99. The Labute approximate surface area is 126 Å². The number of carbonyl (C=O) groups excluding carboxylic acids is 2. The highest BCUT2D eigenvalue weighted by Crippen LogP contribution is 2.16. The van der Waals surface area contributed by atoms with Crippen LogP contribution in [0.2, 0.25) is 0 Å². The Bertz CT molecular complexity index is 462. The van der Waals surface area contributed by atoms with Crippen molar-refractivity contribution in [3.63, 3.8) is 0 Å². The van der Waals surface area contributed by atoms with Gasteiger partial charge in [0.15, 0.2) is 6.10 Å². The van der Waals surface area contributed by atoms with Crippen molar-refractivity contribution in [1.29, 1.82) is 0 Å². The number of nitrogens with one attached hydrogen (secondary N) is 2. The molecule has 2 N–H and O–H groups in total. The van der Waals surface area contributed by atoms with Crippen molar-refractivity contribution in [3.8, 4) is 0 Å². The summed E-state index contributed by atoms with van der Waals surface area (Å²) in [5.41, 5.74) is 0.757. The zero-order valence-corrected chi connectivity index (χ0v) is 13.1. The summed E-state index contributed by atoms with van der Waals surface area (Å²) in [5.74, 6) is -0.517. The highest BCUT2D eigenvalue weighted by Gasteiger charge is 2.24. The Balaban J connectivity index is 2.64. The molecule has 0 bridgehead atoms. The van der Waals surface area contributed by atoms with Crippen molar-refractivity contribution in [2.24, 2.45) is 0 Å². The number of benzene rings is 1. The van der Waals surface area contributed by atoms with Crippen molar-refractivity contribution in [2.45, 2.75) is 45.4 Å². The fourth-order valence-electron chi connectivity index (χ4n) is 1.85. The zero-order valence-electron chi connectivity index (χ0n) is 13.1. The average molecular weight is 292 g/mol. The second kappa shape index (κ2) is 8.42. The van der Waals surface area contributed by atoms with Crippen molar-refractivity contribution in [2.75, 3.05) is 7.11 Å². The van der Waals surface area contributed by atoms with Crippen LogP contribution < -0.4 is 10.6 Å². The van der Waals surface area contributed by atoms with Crippen LogP contribution in [0.15, 0.2) is 30.3 Å². The maximum absolute atomic E-state index is 12.2. The van der Waals surface area contributed by atoms with Gasteiger partial charge in [-0.05, 0) is 25.8 Å². The molecule has 1 aromatic carbocycles. The van der Waals surface area contributed by atoms with E-state index in [2.05, 4.69) is 10.6 Å². The highest BCUT2D eigenvalue weighted by atomic mass is 16.5. The monoisotopic (exact) mass is 292 g/mol. The van der Waals surface area contributed by atoms with E-state index in [1.165, 1.54) is 7.11 Å². The molecule has 116 valence electrons. The number of amides is 2. The molecule has 1 aromatic rings. The van der Waals surface area contributed by atoms with E-state index in [1.54, 1.807) is 6.92 Å². The molecule has 0 heterocycles. The Morgan fingerprint density at radius 2 is 1.71 bits per heavy atom. The molecule has 0 saturated heterocycles. The molecular weight excluding hydrogens is 268 g/mol. The predicted molar refractivity (Wildman–Crippen MR) is 81.7 cm³/mol. The van der Waals surface area contributed by atoms with E-state index in [-0.39, 0.29) is 17.9 Å². The molecule has 0 fully saturated rings. The number of hydrogen-bond acceptors (Lipinski definition) is 3. The Kier molecular flexibility index (Phi) is 6.88. The summed E-state index contributed by atoms with van der Waals surface area (Å²) in [4.78, 5) is 24.2. The molecule has 5 heteroatoms. The maximum Gasteiger partial charge on any atom is 0.254 e. The van der Waals surface area contributed by atoms with Gasteiger partial charge < -0.3 is 15.4 Å². The lowest BCUT2D eigenvalue weighted by Gasteiger charge is -2.20. The lowest BCUT2D eigenvalue weighted by atomic mass is 10.1. The summed E-state index contributed by atoms with van der Waals surface area (Å²) in [5, 5.41) is 5.52. The maximum atomic E-state index is 12.2. The van der Waals surface area contributed by atoms with E-state index in [0.717, 1.165) is 12.0 Å². The van der Waals surface area contributed by atoms with E-state index in [9.17, 15) is 9.59 Å². The third-order valence-electron chi connectivity index (χ3n) is 3.33. The summed E-state index contributed by atoms with van der Waals surface area (Å²) >= 11 is 0. The molecule has 0 aliphatic carbocycles. The van der Waals surface area contributed by atoms with Crippen LogP contribution in [-0.4, -0.2) is 31.0 Å². The normalized spacial score (nSPS) is 14.9. The minimum Gasteiger partial charge on any atom is -0.367 e. The first kappa shape index (κ1) is 17.2. The summed E-state index contributed by atoms with van der Waals surface area (Å²) in [6.45, 7) is 5.58. The van der Waals surface area contributed by atoms with Crippen molar-refractivity contribution in [1.82, 2.24) is 10.6 Å². The average Bonchev–Trinajstić information content (AvgIpc) is 2.48. The molecule has 0 saturated carbocycles. The van der Waals surface area contributed by atoms with Crippen LogP contribution in [0.4, 0.5) is 0 Å². The van der Waals surface area contributed by atoms with Gasteiger partial charge in [-0.3, -0.25) is 9.59 Å². The molecule has 0 radical (unpaired) electrons. The van der Waals surface area contributed by atoms with Crippen LogP contribution in [0.5, 0.6) is 0 Å². The molecule has 0 aliphatic rings. The third kappa shape index (κ3) is 5.19. The fraction of sp³-hybridized carbons (Fsp3) is 0.500. The molecular formula is C16H24N2O3. The van der Waals surface area contributed by atoms with Gasteiger partial charge in [0.05, 0.1) is 0 Å². The molecule has 1 rings (SSSR count). The lowest BCUT2D eigenvalue weighted by molar-refractivity contribution is -0.135. The zero-order chi connectivity index (χ0) is 15.8. The van der Waals surface area contributed by atoms with E-state index in [0.29, 0.717) is 0 Å². The van der Waals surface area contributed by atoms with Crippen LogP contribution >= 0.6 is 0 Å². The van der Waals surface area contributed by atoms with Crippen LogP contribution in [0.1, 0.15) is 38.9 Å². The van der Waals surface area contributed by atoms with Gasteiger partial charge in [0.1, 0.15) is 6.04 Å². The lowest BCUT2D eigenvalue weighted by Crippen LogP contribution is -2.48. The standard InChI is InChI=1S/C16H24N2O3/c1-5-11(2)17-15(19)12(3)18-16(20)14(21-4)13-9-7-6-8-10-13/h6-12,14H,5H2,1-4H3,(H,17,19)(H,18,20). The Hall–Kier alpha value is -1.88. The Morgan fingerprint density at radius 1 is 1.10 bits per heavy atom. The van der Waals surface area contributed by atoms with Gasteiger partial charge in [0, 0.05) is 13.2 Å².